The minimum atomic E-state index is 0.0105. The van der Waals surface area contributed by atoms with Crippen LogP contribution in [0.5, 0.6) is 0 Å². The molecule has 0 heterocycles. The zero-order valence-electron chi connectivity index (χ0n) is 13.7. The van der Waals surface area contributed by atoms with Crippen molar-refractivity contribution >= 4 is 11.8 Å². The van der Waals surface area contributed by atoms with E-state index in [0.29, 0.717) is 13.0 Å². The fraction of sp³-hybridized carbons (Fsp3) is 0.875. The van der Waals surface area contributed by atoms with Crippen LogP contribution < -0.4 is 5.32 Å². The molecule has 4 heteroatoms. The van der Waals surface area contributed by atoms with Gasteiger partial charge in [-0.15, -0.1) is 0 Å². The van der Waals surface area contributed by atoms with Gasteiger partial charge in [-0.2, -0.15) is 0 Å². The van der Waals surface area contributed by atoms with E-state index >= 15 is 0 Å². The highest BCUT2D eigenvalue weighted by molar-refractivity contribution is 5.78. The summed E-state index contributed by atoms with van der Waals surface area (Å²) in [5.74, 6) is 0.299. The molecule has 0 bridgehead atoms. The third-order valence-electron chi connectivity index (χ3n) is 3.31. The molecule has 0 aromatic carbocycles. The van der Waals surface area contributed by atoms with Crippen molar-refractivity contribution in [2.24, 2.45) is 5.92 Å². The molecule has 0 unspecified atom stereocenters. The maximum Gasteiger partial charge on any atom is 0.222 e. The molecule has 20 heavy (non-hydrogen) atoms. The molecule has 0 aromatic heterocycles. The molecule has 0 radical (unpaired) electrons. The molecule has 0 aliphatic rings. The number of amides is 2. The van der Waals surface area contributed by atoms with Crippen molar-refractivity contribution < 1.29 is 9.59 Å². The van der Waals surface area contributed by atoms with Crippen molar-refractivity contribution in [3.05, 3.63) is 0 Å². The third-order valence-corrected chi connectivity index (χ3v) is 3.31. The monoisotopic (exact) mass is 284 g/mol. The maximum absolute atomic E-state index is 12.1. The summed E-state index contributed by atoms with van der Waals surface area (Å²) in [6.45, 7) is 10.4. The number of rotatable bonds is 11. The van der Waals surface area contributed by atoms with E-state index in [1.165, 1.54) is 0 Å². The molecule has 0 atom stereocenters. The Labute approximate surface area is 124 Å². The van der Waals surface area contributed by atoms with Gasteiger partial charge in [0.15, 0.2) is 0 Å². The van der Waals surface area contributed by atoms with Gasteiger partial charge in [-0.1, -0.05) is 40.5 Å². The van der Waals surface area contributed by atoms with Gasteiger partial charge < -0.3 is 10.2 Å². The first-order valence-electron chi connectivity index (χ1n) is 8.08. The fourth-order valence-electron chi connectivity index (χ4n) is 1.87. The van der Waals surface area contributed by atoms with Crippen LogP contribution >= 0.6 is 0 Å². The Morgan fingerprint density at radius 3 is 2.00 bits per heavy atom. The average molecular weight is 284 g/mol. The van der Waals surface area contributed by atoms with Crippen LogP contribution in [0.25, 0.3) is 0 Å². The molecule has 2 amide bonds. The van der Waals surface area contributed by atoms with Gasteiger partial charge in [0, 0.05) is 32.0 Å². The first-order valence-corrected chi connectivity index (χ1v) is 8.08. The summed E-state index contributed by atoms with van der Waals surface area (Å²) in [4.78, 5) is 25.5. The van der Waals surface area contributed by atoms with E-state index in [1.54, 1.807) is 0 Å². The predicted molar refractivity (Wildman–Crippen MR) is 83.5 cm³/mol. The molecular weight excluding hydrogens is 252 g/mol. The summed E-state index contributed by atoms with van der Waals surface area (Å²) in [7, 11) is 0. The fourth-order valence-corrected chi connectivity index (χ4v) is 1.87. The Bertz CT molecular complexity index is 270. The second kappa shape index (κ2) is 11.7. The zero-order chi connectivity index (χ0) is 15.4. The Balaban J connectivity index is 3.96. The van der Waals surface area contributed by atoms with Crippen LogP contribution in [0.1, 0.15) is 66.2 Å². The first-order chi connectivity index (χ1) is 9.52. The zero-order valence-corrected chi connectivity index (χ0v) is 13.7. The van der Waals surface area contributed by atoms with E-state index in [1.807, 2.05) is 18.7 Å². The molecule has 0 fully saturated rings. The Hall–Kier alpha value is -1.06. The molecule has 0 aliphatic heterocycles. The van der Waals surface area contributed by atoms with Crippen molar-refractivity contribution in [3.63, 3.8) is 0 Å². The lowest BCUT2D eigenvalue weighted by Crippen LogP contribution is -2.34. The molecule has 1 N–H and O–H groups in total. The van der Waals surface area contributed by atoms with Crippen molar-refractivity contribution in [1.82, 2.24) is 10.2 Å². The Morgan fingerprint density at radius 2 is 1.55 bits per heavy atom. The van der Waals surface area contributed by atoms with Crippen LogP contribution in [0.3, 0.4) is 0 Å². The first kappa shape index (κ1) is 18.9. The predicted octanol–water partition coefficient (Wildman–Crippen LogP) is 2.97. The summed E-state index contributed by atoms with van der Waals surface area (Å²) < 4.78 is 0. The summed E-state index contributed by atoms with van der Waals surface area (Å²) in [6.07, 6.45) is 5.62. The number of hydrogen-bond acceptors (Lipinski definition) is 2. The summed E-state index contributed by atoms with van der Waals surface area (Å²) >= 11 is 0. The van der Waals surface area contributed by atoms with Gasteiger partial charge in [0.2, 0.25) is 11.8 Å². The highest BCUT2D eigenvalue weighted by Crippen LogP contribution is 2.04. The number of carbonyl (C=O) groups is 2. The Kier molecular flexibility index (Phi) is 11.1. The topological polar surface area (TPSA) is 49.4 Å². The van der Waals surface area contributed by atoms with Gasteiger partial charge in [-0.05, 0) is 19.3 Å². The smallest absolute Gasteiger partial charge is 0.222 e. The second-order valence-electron chi connectivity index (χ2n) is 5.64. The molecule has 0 aliphatic carbocycles. The van der Waals surface area contributed by atoms with Crippen molar-refractivity contribution in [2.45, 2.75) is 66.2 Å². The normalized spacial score (nSPS) is 10.7. The SMILES string of the molecule is CCCCN(CCCC)C(=O)CCCNC(=O)C(C)C. The largest absolute Gasteiger partial charge is 0.356 e. The van der Waals surface area contributed by atoms with Gasteiger partial charge in [0.25, 0.3) is 0 Å². The highest BCUT2D eigenvalue weighted by Gasteiger charge is 2.12. The molecule has 0 saturated carbocycles. The average Bonchev–Trinajstić information content (AvgIpc) is 2.43. The van der Waals surface area contributed by atoms with Crippen molar-refractivity contribution in [1.29, 1.82) is 0 Å². The number of nitrogens with one attached hydrogen (secondary N) is 1. The van der Waals surface area contributed by atoms with Crippen LogP contribution in [0.15, 0.2) is 0 Å². The number of nitrogens with zero attached hydrogens (tertiary/aromatic N) is 1. The van der Waals surface area contributed by atoms with Crippen LogP contribution in [0, 0.1) is 5.92 Å². The lowest BCUT2D eigenvalue weighted by Gasteiger charge is -2.22. The molecule has 0 spiro atoms. The van der Waals surface area contributed by atoms with E-state index in [-0.39, 0.29) is 17.7 Å². The van der Waals surface area contributed by atoms with Gasteiger partial charge in [0.05, 0.1) is 0 Å². The molecule has 4 nitrogen and oxygen atoms in total. The summed E-state index contributed by atoms with van der Waals surface area (Å²) in [5.41, 5.74) is 0. The van der Waals surface area contributed by atoms with E-state index in [9.17, 15) is 9.59 Å². The lowest BCUT2D eigenvalue weighted by molar-refractivity contribution is -0.131. The summed E-state index contributed by atoms with van der Waals surface area (Å²) in [5, 5.41) is 2.85. The molecule has 118 valence electrons. The van der Waals surface area contributed by atoms with Crippen molar-refractivity contribution in [2.75, 3.05) is 19.6 Å². The van der Waals surface area contributed by atoms with Gasteiger partial charge in [-0.25, -0.2) is 0 Å². The standard InChI is InChI=1S/C16H32N2O2/c1-5-7-12-18(13-8-6-2)15(19)10-9-11-17-16(20)14(3)4/h14H,5-13H2,1-4H3,(H,17,20). The van der Waals surface area contributed by atoms with Crippen LogP contribution in [-0.4, -0.2) is 36.3 Å². The van der Waals surface area contributed by atoms with Crippen LogP contribution in [0.4, 0.5) is 0 Å². The van der Waals surface area contributed by atoms with E-state index < -0.39 is 0 Å². The van der Waals surface area contributed by atoms with Crippen LogP contribution in [-0.2, 0) is 9.59 Å². The molecular formula is C16H32N2O2. The minimum Gasteiger partial charge on any atom is -0.356 e. The van der Waals surface area contributed by atoms with Crippen molar-refractivity contribution in [3.8, 4) is 0 Å². The molecule has 0 rings (SSSR count). The molecule has 0 saturated heterocycles. The van der Waals surface area contributed by atoms with E-state index in [2.05, 4.69) is 19.2 Å². The lowest BCUT2D eigenvalue weighted by atomic mass is 10.2. The second-order valence-corrected chi connectivity index (χ2v) is 5.64. The quantitative estimate of drug-likeness (QED) is 0.593. The number of unbranched alkanes of at least 4 members (excludes halogenated alkanes) is 2. The van der Waals surface area contributed by atoms with Crippen LogP contribution in [0.2, 0.25) is 0 Å². The Morgan fingerprint density at radius 1 is 1.00 bits per heavy atom. The van der Waals surface area contributed by atoms with E-state index in [0.717, 1.165) is 45.2 Å². The summed E-state index contributed by atoms with van der Waals surface area (Å²) in [6, 6.07) is 0. The number of hydrogen-bond donors (Lipinski definition) is 1. The maximum atomic E-state index is 12.1. The highest BCUT2D eigenvalue weighted by atomic mass is 16.2. The van der Waals surface area contributed by atoms with Gasteiger partial charge in [-0.3, -0.25) is 9.59 Å². The third kappa shape index (κ3) is 8.94. The minimum absolute atomic E-state index is 0.0105. The van der Waals surface area contributed by atoms with E-state index in [4.69, 9.17) is 0 Å². The van der Waals surface area contributed by atoms with Gasteiger partial charge in [0.1, 0.15) is 0 Å². The number of carbonyl (C=O) groups excluding carboxylic acids is 2. The van der Waals surface area contributed by atoms with Gasteiger partial charge >= 0.3 is 0 Å². The molecule has 0 aromatic rings.